The first-order valence-electron chi connectivity index (χ1n) is 4.57. The second-order valence-electron chi connectivity index (χ2n) is 2.58. The summed E-state index contributed by atoms with van der Waals surface area (Å²) in [6.07, 6.45) is 10.7. The molecular formula is C10H14BO2+. The number of hydrogen-bond acceptors (Lipinski definition) is 2. The van der Waals surface area contributed by atoms with Crippen LogP contribution >= 0.6 is 0 Å². The van der Waals surface area contributed by atoms with E-state index in [-0.39, 0.29) is 7.12 Å². The van der Waals surface area contributed by atoms with E-state index in [2.05, 4.69) is 6.08 Å². The molecular weight excluding hydrogens is 163 g/mol. The van der Waals surface area contributed by atoms with Crippen LogP contribution in [0.3, 0.4) is 0 Å². The minimum atomic E-state index is -0.243. The molecule has 1 rings (SSSR count). The van der Waals surface area contributed by atoms with Gasteiger partial charge in [-0.1, -0.05) is 0 Å². The van der Waals surface area contributed by atoms with Crippen LogP contribution in [0.2, 0.25) is 0 Å². The van der Waals surface area contributed by atoms with E-state index >= 15 is 0 Å². The summed E-state index contributed by atoms with van der Waals surface area (Å²) in [5.74, 6) is 0. The Hall–Kier alpha value is -0.885. The van der Waals surface area contributed by atoms with E-state index in [0.717, 1.165) is 5.47 Å². The van der Waals surface area contributed by atoms with E-state index in [1.54, 1.807) is 0 Å². The molecule has 0 bridgehead atoms. The van der Waals surface area contributed by atoms with Gasteiger partial charge in [0.1, 0.15) is 6.08 Å². The summed E-state index contributed by atoms with van der Waals surface area (Å²) in [5.41, 5.74) is 1.02. The molecule has 2 nitrogen and oxygen atoms in total. The minimum Gasteiger partial charge on any atom is -0.395 e. The summed E-state index contributed by atoms with van der Waals surface area (Å²) in [4.78, 5) is 0. The molecule has 68 valence electrons. The zero-order valence-electron chi connectivity index (χ0n) is 8.12. The van der Waals surface area contributed by atoms with E-state index in [0.29, 0.717) is 13.2 Å². The molecule has 0 aromatic rings. The lowest BCUT2D eigenvalue weighted by Crippen LogP contribution is -2.25. The van der Waals surface area contributed by atoms with Crippen molar-refractivity contribution >= 4 is 7.12 Å². The fourth-order valence-corrected chi connectivity index (χ4v) is 1.10. The van der Waals surface area contributed by atoms with Gasteiger partial charge in [0.2, 0.25) is 0 Å². The Morgan fingerprint density at radius 3 is 2.46 bits per heavy atom. The Balaban J connectivity index is 2.58. The van der Waals surface area contributed by atoms with Gasteiger partial charge in [-0.2, -0.15) is 0 Å². The molecule has 0 radical (unpaired) electrons. The van der Waals surface area contributed by atoms with Crippen LogP contribution in [0.1, 0.15) is 13.8 Å². The second kappa shape index (κ2) is 5.71. The molecule has 0 aromatic carbocycles. The Labute approximate surface area is 80.1 Å². The Bertz CT molecular complexity index is 225. The van der Waals surface area contributed by atoms with Crippen molar-refractivity contribution in [3.63, 3.8) is 0 Å². The third-order valence-electron chi connectivity index (χ3n) is 1.64. The van der Waals surface area contributed by atoms with Crippen LogP contribution in [0.4, 0.5) is 0 Å². The van der Waals surface area contributed by atoms with Gasteiger partial charge >= 0.3 is 7.12 Å². The lowest BCUT2D eigenvalue weighted by atomic mass is 9.76. The van der Waals surface area contributed by atoms with Gasteiger partial charge in [0, 0.05) is 31.4 Å². The molecule has 0 saturated carbocycles. The highest BCUT2D eigenvalue weighted by molar-refractivity contribution is 6.54. The first-order chi connectivity index (χ1) is 6.38. The van der Waals surface area contributed by atoms with E-state index in [1.807, 2.05) is 38.2 Å². The standard InChI is InChI=1S/C10H14BO2/c1-3-12-11(13-4-2)10-8-6-5-7-9-10/h5-6,8-9H,3-4H2,1-2H3/q+1. The highest BCUT2D eigenvalue weighted by atomic mass is 16.6. The summed E-state index contributed by atoms with van der Waals surface area (Å²) in [7, 11) is -0.243. The maximum absolute atomic E-state index is 5.43. The molecule has 0 N–H and O–H groups in total. The molecule has 0 saturated heterocycles. The van der Waals surface area contributed by atoms with Crippen molar-refractivity contribution in [1.82, 2.24) is 0 Å². The third kappa shape index (κ3) is 3.15. The molecule has 1 aliphatic rings. The minimum absolute atomic E-state index is 0.243. The lowest BCUT2D eigenvalue weighted by Gasteiger charge is -2.08. The average molecular weight is 177 g/mol. The van der Waals surface area contributed by atoms with Gasteiger partial charge in [-0.3, -0.25) is 0 Å². The van der Waals surface area contributed by atoms with Gasteiger partial charge in [0.15, 0.2) is 0 Å². The second-order valence-corrected chi connectivity index (χ2v) is 2.58. The summed E-state index contributed by atoms with van der Waals surface area (Å²) in [6, 6.07) is 0. The van der Waals surface area contributed by atoms with Gasteiger partial charge in [0.05, 0.1) is 11.5 Å². The van der Waals surface area contributed by atoms with Crippen LogP contribution < -0.4 is 0 Å². The predicted molar refractivity (Wildman–Crippen MR) is 54.0 cm³/mol. The fraction of sp³-hybridized carbons (Fsp3) is 0.400. The van der Waals surface area contributed by atoms with Crippen LogP contribution in [0, 0.1) is 6.08 Å². The number of allylic oxidation sites excluding steroid dienone is 6. The first-order valence-corrected chi connectivity index (χ1v) is 4.57. The van der Waals surface area contributed by atoms with E-state index in [4.69, 9.17) is 9.31 Å². The van der Waals surface area contributed by atoms with Gasteiger partial charge in [-0.15, -0.1) is 0 Å². The van der Waals surface area contributed by atoms with Crippen molar-refractivity contribution in [2.75, 3.05) is 13.2 Å². The zero-order valence-corrected chi connectivity index (χ0v) is 8.12. The lowest BCUT2D eigenvalue weighted by molar-refractivity contribution is 0.222. The molecule has 3 heteroatoms. The van der Waals surface area contributed by atoms with E-state index in [1.165, 1.54) is 0 Å². The summed E-state index contributed by atoms with van der Waals surface area (Å²) >= 11 is 0. The van der Waals surface area contributed by atoms with Crippen LogP contribution in [-0.2, 0) is 9.31 Å². The molecule has 0 heterocycles. The monoisotopic (exact) mass is 177 g/mol. The van der Waals surface area contributed by atoms with Crippen LogP contribution in [0.15, 0.2) is 29.8 Å². The maximum Gasteiger partial charge on any atom is 0.575 e. The molecule has 0 atom stereocenters. The highest BCUT2D eigenvalue weighted by Gasteiger charge is 2.28. The maximum atomic E-state index is 5.43. The average Bonchev–Trinajstić information content (AvgIpc) is 2.19. The molecule has 13 heavy (non-hydrogen) atoms. The molecule has 0 fully saturated rings. The van der Waals surface area contributed by atoms with Crippen molar-refractivity contribution in [2.45, 2.75) is 13.8 Å². The van der Waals surface area contributed by atoms with E-state index in [9.17, 15) is 0 Å². The van der Waals surface area contributed by atoms with Gasteiger partial charge in [-0.05, 0) is 13.8 Å². The zero-order chi connectivity index (χ0) is 9.52. The van der Waals surface area contributed by atoms with Crippen LogP contribution in [0.5, 0.6) is 0 Å². The molecule has 0 aliphatic heterocycles. The Morgan fingerprint density at radius 1 is 1.31 bits per heavy atom. The molecule has 1 aliphatic carbocycles. The smallest absolute Gasteiger partial charge is 0.395 e. The van der Waals surface area contributed by atoms with E-state index < -0.39 is 0 Å². The highest BCUT2D eigenvalue weighted by Crippen LogP contribution is 2.09. The Morgan fingerprint density at radius 2 is 2.00 bits per heavy atom. The van der Waals surface area contributed by atoms with Crippen molar-refractivity contribution in [3.05, 3.63) is 35.9 Å². The molecule has 0 amide bonds. The van der Waals surface area contributed by atoms with Gasteiger partial charge in [0.25, 0.3) is 0 Å². The molecule has 0 aromatic heterocycles. The van der Waals surface area contributed by atoms with Crippen molar-refractivity contribution in [1.29, 1.82) is 0 Å². The van der Waals surface area contributed by atoms with Crippen LogP contribution in [-0.4, -0.2) is 20.3 Å². The van der Waals surface area contributed by atoms with Crippen molar-refractivity contribution in [2.24, 2.45) is 0 Å². The molecule has 0 spiro atoms. The van der Waals surface area contributed by atoms with Crippen LogP contribution in [0.25, 0.3) is 0 Å². The predicted octanol–water partition coefficient (Wildman–Crippen LogP) is 1.94. The van der Waals surface area contributed by atoms with Crippen molar-refractivity contribution < 1.29 is 9.31 Å². The number of rotatable bonds is 5. The summed E-state index contributed by atoms with van der Waals surface area (Å²) < 4.78 is 10.9. The first kappa shape index (κ1) is 10.2. The quantitative estimate of drug-likeness (QED) is 0.471. The topological polar surface area (TPSA) is 18.5 Å². The summed E-state index contributed by atoms with van der Waals surface area (Å²) in [6.45, 7) is 5.22. The number of hydrogen-bond donors (Lipinski definition) is 0. The van der Waals surface area contributed by atoms with Gasteiger partial charge in [-0.25, -0.2) is 0 Å². The Kier molecular flexibility index (Phi) is 4.48. The largest absolute Gasteiger partial charge is 0.575 e. The van der Waals surface area contributed by atoms with Gasteiger partial charge < -0.3 is 9.31 Å². The fourth-order valence-electron chi connectivity index (χ4n) is 1.10. The molecule has 0 unspecified atom stereocenters. The SMILES string of the molecule is CCOB(OCC)C1=CC=C[C+]=C1. The summed E-state index contributed by atoms with van der Waals surface area (Å²) in [5, 5.41) is 0. The third-order valence-corrected chi connectivity index (χ3v) is 1.64. The normalized spacial score (nSPS) is 13.8. The van der Waals surface area contributed by atoms with Crippen molar-refractivity contribution in [3.8, 4) is 0 Å².